The van der Waals surface area contributed by atoms with Crippen LogP contribution in [-0.2, 0) is 19.4 Å². The van der Waals surface area contributed by atoms with Crippen molar-refractivity contribution in [2.45, 2.75) is 31.0 Å². The van der Waals surface area contributed by atoms with Crippen LogP contribution in [0.5, 0.6) is 0 Å². The molecule has 1 heterocycles. The molecule has 0 N–H and O–H groups in total. The molecule has 0 radical (unpaired) electrons. The average molecular weight is 392 g/mol. The molecule has 1 aliphatic rings. The van der Waals surface area contributed by atoms with E-state index < -0.39 is 9.84 Å². The first-order chi connectivity index (χ1) is 11.3. The average Bonchev–Trinajstić information content (AvgIpc) is 2.51. The fourth-order valence-corrected chi connectivity index (χ4v) is 5.32. The summed E-state index contributed by atoms with van der Waals surface area (Å²) in [5, 5.41) is 0.503. The van der Waals surface area contributed by atoms with Gasteiger partial charge in [-0.25, -0.2) is 8.42 Å². The summed E-state index contributed by atoms with van der Waals surface area (Å²) in [5.74, 6) is 0.704. The van der Waals surface area contributed by atoms with Gasteiger partial charge in [-0.15, -0.1) is 0 Å². The van der Waals surface area contributed by atoms with Crippen LogP contribution < -0.4 is 0 Å². The molecule has 134 valence electrons. The van der Waals surface area contributed by atoms with Gasteiger partial charge in [0.25, 0.3) is 0 Å². The molecule has 0 unspecified atom stereocenters. The van der Waals surface area contributed by atoms with Crippen molar-refractivity contribution in [3.8, 4) is 0 Å². The monoisotopic (exact) mass is 391 g/mol. The van der Waals surface area contributed by atoms with E-state index in [1.807, 2.05) is 13.8 Å². The minimum Gasteiger partial charge on any atom is -0.372 e. The molecule has 24 heavy (non-hydrogen) atoms. The maximum Gasteiger partial charge on any atom is 0.232 e. The topological polar surface area (TPSA) is 63.7 Å². The molecule has 0 saturated carbocycles. The first-order valence-corrected chi connectivity index (χ1v) is 11.0. The number of hydrogen-bond donors (Lipinski definition) is 0. The Hall–Kier alpha value is -0.760. The zero-order valence-electron chi connectivity index (χ0n) is 13.8. The SMILES string of the molecule is C[C@@H]1CN(C(=O)CSCCS(=O)(=O)c2ccc(Cl)cc2)C[C@H](C)O1. The summed E-state index contributed by atoms with van der Waals surface area (Å²) in [6.07, 6.45) is 0.0703. The van der Waals surface area contributed by atoms with Gasteiger partial charge in [-0.3, -0.25) is 4.79 Å². The molecule has 0 bridgehead atoms. The van der Waals surface area contributed by atoms with Gasteiger partial charge < -0.3 is 9.64 Å². The lowest BCUT2D eigenvalue weighted by molar-refractivity contribution is -0.140. The van der Waals surface area contributed by atoms with Crippen molar-refractivity contribution in [3.05, 3.63) is 29.3 Å². The first kappa shape index (κ1) is 19.6. The highest BCUT2D eigenvalue weighted by atomic mass is 35.5. The van der Waals surface area contributed by atoms with Crippen LogP contribution in [-0.4, -0.2) is 61.8 Å². The molecule has 8 heteroatoms. The van der Waals surface area contributed by atoms with E-state index in [-0.39, 0.29) is 34.5 Å². The van der Waals surface area contributed by atoms with E-state index in [0.29, 0.717) is 23.9 Å². The fourth-order valence-electron chi connectivity index (χ4n) is 2.56. The second-order valence-electron chi connectivity index (χ2n) is 5.88. The predicted molar refractivity (Wildman–Crippen MR) is 97.4 cm³/mol. The van der Waals surface area contributed by atoms with E-state index in [2.05, 4.69) is 0 Å². The van der Waals surface area contributed by atoms with Crippen molar-refractivity contribution in [2.75, 3.05) is 30.3 Å². The van der Waals surface area contributed by atoms with Crippen molar-refractivity contribution >= 4 is 39.1 Å². The van der Waals surface area contributed by atoms with E-state index in [1.165, 1.54) is 23.9 Å². The molecule has 1 fully saturated rings. The summed E-state index contributed by atoms with van der Waals surface area (Å²) in [6.45, 7) is 5.07. The summed E-state index contributed by atoms with van der Waals surface area (Å²) < 4.78 is 30.0. The Morgan fingerprint density at radius 3 is 2.42 bits per heavy atom. The van der Waals surface area contributed by atoms with Crippen molar-refractivity contribution < 1.29 is 17.9 Å². The summed E-state index contributed by atoms with van der Waals surface area (Å²) in [5.41, 5.74) is 0. The molecule has 1 aliphatic heterocycles. The number of hydrogen-bond acceptors (Lipinski definition) is 5. The smallest absolute Gasteiger partial charge is 0.232 e. The molecule has 2 rings (SSSR count). The van der Waals surface area contributed by atoms with Crippen LogP contribution in [0.1, 0.15) is 13.8 Å². The summed E-state index contributed by atoms with van der Waals surface area (Å²) in [4.78, 5) is 14.3. The molecule has 1 aromatic rings. The molecule has 1 amide bonds. The Labute approximate surface area is 152 Å². The van der Waals surface area contributed by atoms with Crippen molar-refractivity contribution in [3.63, 3.8) is 0 Å². The highest BCUT2D eigenvalue weighted by Crippen LogP contribution is 2.17. The molecule has 2 atom stereocenters. The number of nitrogens with zero attached hydrogens (tertiary/aromatic N) is 1. The summed E-state index contributed by atoms with van der Waals surface area (Å²) in [7, 11) is -3.34. The lowest BCUT2D eigenvalue weighted by atomic mass is 10.2. The maximum atomic E-state index is 12.2. The Kier molecular flexibility index (Phi) is 6.98. The highest BCUT2D eigenvalue weighted by Gasteiger charge is 2.25. The number of rotatable bonds is 6. The van der Waals surface area contributed by atoms with Gasteiger partial charge in [0.05, 0.1) is 28.6 Å². The van der Waals surface area contributed by atoms with Crippen LogP contribution in [0.15, 0.2) is 29.2 Å². The van der Waals surface area contributed by atoms with Crippen LogP contribution in [0.4, 0.5) is 0 Å². The normalized spacial score (nSPS) is 21.7. The van der Waals surface area contributed by atoms with Crippen molar-refractivity contribution in [2.24, 2.45) is 0 Å². The van der Waals surface area contributed by atoms with Gasteiger partial charge in [-0.05, 0) is 38.1 Å². The van der Waals surface area contributed by atoms with E-state index in [1.54, 1.807) is 17.0 Å². The number of carbonyl (C=O) groups excluding carboxylic acids is 1. The van der Waals surface area contributed by atoms with Gasteiger partial charge in [0.2, 0.25) is 5.91 Å². The molecule has 1 aromatic carbocycles. The zero-order chi connectivity index (χ0) is 17.7. The number of thioether (sulfide) groups is 1. The molecular weight excluding hydrogens is 370 g/mol. The lowest BCUT2D eigenvalue weighted by Gasteiger charge is -2.35. The molecular formula is C16H22ClNO4S2. The highest BCUT2D eigenvalue weighted by molar-refractivity contribution is 8.01. The van der Waals surface area contributed by atoms with Gasteiger partial charge in [0, 0.05) is 23.9 Å². The van der Waals surface area contributed by atoms with E-state index in [4.69, 9.17) is 16.3 Å². The standard InChI is InChI=1S/C16H22ClNO4S2/c1-12-9-18(10-13(2)22-12)16(19)11-23-7-8-24(20,21)15-5-3-14(17)4-6-15/h3-6,12-13H,7-11H2,1-2H3/t12-,13+. The number of amides is 1. The minimum absolute atomic E-state index is 0.00248. The summed E-state index contributed by atoms with van der Waals surface area (Å²) >= 11 is 7.11. The van der Waals surface area contributed by atoms with Gasteiger partial charge in [0.1, 0.15) is 0 Å². The maximum absolute atomic E-state index is 12.2. The molecule has 0 spiro atoms. The van der Waals surface area contributed by atoms with E-state index in [9.17, 15) is 13.2 Å². The number of halogens is 1. The number of morpholine rings is 1. The number of ether oxygens (including phenoxy) is 1. The van der Waals surface area contributed by atoms with E-state index >= 15 is 0 Å². The third kappa shape index (κ3) is 5.65. The second kappa shape index (κ2) is 8.56. The van der Waals surface area contributed by atoms with E-state index in [0.717, 1.165) is 0 Å². The third-order valence-corrected chi connectivity index (χ3v) is 6.85. The van der Waals surface area contributed by atoms with Crippen LogP contribution >= 0.6 is 23.4 Å². The number of carbonyl (C=O) groups is 1. The zero-order valence-corrected chi connectivity index (χ0v) is 16.2. The van der Waals surface area contributed by atoms with Crippen molar-refractivity contribution in [1.29, 1.82) is 0 Å². The van der Waals surface area contributed by atoms with Crippen LogP contribution in [0.3, 0.4) is 0 Å². The Balaban J connectivity index is 1.77. The minimum atomic E-state index is -3.34. The Morgan fingerprint density at radius 2 is 1.83 bits per heavy atom. The van der Waals surface area contributed by atoms with Crippen molar-refractivity contribution in [1.82, 2.24) is 4.90 Å². The lowest BCUT2D eigenvalue weighted by Crippen LogP contribution is -2.48. The fraction of sp³-hybridized carbons (Fsp3) is 0.562. The van der Waals surface area contributed by atoms with Crippen LogP contribution in [0.25, 0.3) is 0 Å². The largest absolute Gasteiger partial charge is 0.372 e. The Bertz CT molecular complexity index is 653. The van der Waals surface area contributed by atoms with Crippen LogP contribution in [0, 0.1) is 0 Å². The molecule has 1 saturated heterocycles. The van der Waals surface area contributed by atoms with Gasteiger partial charge >= 0.3 is 0 Å². The van der Waals surface area contributed by atoms with Crippen LogP contribution in [0.2, 0.25) is 5.02 Å². The second-order valence-corrected chi connectivity index (χ2v) is 9.53. The van der Waals surface area contributed by atoms with Gasteiger partial charge in [0.15, 0.2) is 9.84 Å². The number of benzene rings is 1. The van der Waals surface area contributed by atoms with Gasteiger partial charge in [-0.2, -0.15) is 11.8 Å². The Morgan fingerprint density at radius 1 is 1.25 bits per heavy atom. The quantitative estimate of drug-likeness (QED) is 0.697. The molecule has 0 aliphatic carbocycles. The molecule has 0 aromatic heterocycles. The van der Waals surface area contributed by atoms with Gasteiger partial charge in [-0.1, -0.05) is 11.6 Å². The number of sulfone groups is 1. The third-order valence-electron chi connectivity index (χ3n) is 3.67. The summed E-state index contributed by atoms with van der Waals surface area (Å²) in [6, 6.07) is 6.13. The molecule has 5 nitrogen and oxygen atoms in total. The predicted octanol–water partition coefficient (Wildman–Crippen LogP) is 2.48. The first-order valence-electron chi connectivity index (χ1n) is 7.77.